The quantitative estimate of drug-likeness (QED) is 0.604. The number of halogens is 1. The zero-order valence-electron chi connectivity index (χ0n) is 16.9. The van der Waals surface area contributed by atoms with E-state index in [-0.39, 0.29) is 17.5 Å². The Labute approximate surface area is 173 Å². The fourth-order valence-electron chi connectivity index (χ4n) is 2.88. The molecule has 1 unspecified atom stereocenters. The lowest BCUT2D eigenvalue weighted by molar-refractivity contribution is 0.189. The Morgan fingerprint density at radius 2 is 1.93 bits per heavy atom. The summed E-state index contributed by atoms with van der Waals surface area (Å²) in [6, 6.07) is 9.63. The summed E-state index contributed by atoms with van der Waals surface area (Å²) in [5.41, 5.74) is 0.731. The van der Waals surface area contributed by atoms with Gasteiger partial charge in [0, 0.05) is 13.0 Å². The maximum atomic E-state index is 13.1. The predicted octanol–water partition coefficient (Wildman–Crippen LogP) is 3.87. The Balaban J connectivity index is 1.70. The van der Waals surface area contributed by atoms with E-state index in [1.54, 1.807) is 19.1 Å². The van der Waals surface area contributed by atoms with Gasteiger partial charge >= 0.3 is 6.09 Å². The van der Waals surface area contributed by atoms with Gasteiger partial charge in [-0.05, 0) is 36.1 Å². The second kappa shape index (κ2) is 9.45. The van der Waals surface area contributed by atoms with E-state index in [4.69, 9.17) is 9.26 Å². The molecule has 2 aromatic heterocycles. The van der Waals surface area contributed by atoms with Crippen LogP contribution in [0, 0.1) is 18.7 Å². The van der Waals surface area contributed by atoms with Crippen molar-refractivity contribution in [1.82, 2.24) is 20.4 Å². The molecule has 2 atom stereocenters. The van der Waals surface area contributed by atoms with Crippen molar-refractivity contribution in [3.63, 3.8) is 0 Å². The zero-order valence-corrected chi connectivity index (χ0v) is 16.9. The maximum absolute atomic E-state index is 13.1. The lowest BCUT2D eigenvalue weighted by Gasteiger charge is -2.17. The molecule has 3 rings (SSSR count). The maximum Gasteiger partial charge on any atom is 0.414 e. The average Bonchev–Trinajstić information content (AvgIpc) is 3.14. The number of aliphatic hydroxyl groups is 1. The van der Waals surface area contributed by atoms with E-state index in [1.807, 2.05) is 13.8 Å². The largest absolute Gasteiger partial charge is 0.414 e. The van der Waals surface area contributed by atoms with Crippen LogP contribution in [0.3, 0.4) is 0 Å². The van der Waals surface area contributed by atoms with Crippen LogP contribution in [-0.2, 0) is 0 Å². The second-order valence-electron chi connectivity index (χ2n) is 7.24. The fraction of sp³-hybridized carbons (Fsp3) is 0.333. The number of nitrogens with zero attached hydrogens (tertiary/aromatic N) is 3. The van der Waals surface area contributed by atoms with Gasteiger partial charge in [-0.3, -0.25) is 0 Å². The van der Waals surface area contributed by atoms with Crippen LogP contribution in [0.15, 0.2) is 47.0 Å². The molecule has 2 heterocycles. The number of nitrogens with one attached hydrogen (secondary N) is 1. The first kappa shape index (κ1) is 21.4. The number of aryl methyl sites for hydroxylation is 1. The van der Waals surface area contributed by atoms with Gasteiger partial charge in [0.15, 0.2) is 5.82 Å². The molecule has 0 aliphatic carbocycles. The van der Waals surface area contributed by atoms with Crippen molar-refractivity contribution in [2.24, 2.45) is 5.92 Å². The third kappa shape index (κ3) is 5.60. The van der Waals surface area contributed by atoms with Crippen LogP contribution in [0.4, 0.5) is 9.18 Å². The van der Waals surface area contributed by atoms with Gasteiger partial charge in [0.2, 0.25) is 11.8 Å². The molecule has 8 nitrogen and oxygen atoms in total. The number of carbonyl (C=O) groups is 1. The number of aromatic nitrogens is 3. The Hall–Kier alpha value is -3.33. The summed E-state index contributed by atoms with van der Waals surface area (Å²) in [4.78, 5) is 20.8. The molecule has 1 amide bonds. The Morgan fingerprint density at radius 3 is 2.57 bits per heavy atom. The summed E-state index contributed by atoms with van der Waals surface area (Å²) >= 11 is 0. The third-order valence-electron chi connectivity index (χ3n) is 4.26. The van der Waals surface area contributed by atoms with Gasteiger partial charge in [-0.15, -0.1) is 0 Å². The molecule has 1 aromatic carbocycles. The molecule has 0 radical (unpaired) electrons. The van der Waals surface area contributed by atoms with Gasteiger partial charge in [0.05, 0.1) is 11.7 Å². The molecule has 30 heavy (non-hydrogen) atoms. The van der Waals surface area contributed by atoms with E-state index >= 15 is 0 Å². The van der Waals surface area contributed by atoms with Gasteiger partial charge in [0.1, 0.15) is 11.9 Å². The molecule has 0 saturated carbocycles. The van der Waals surface area contributed by atoms with E-state index in [0.29, 0.717) is 23.7 Å². The average molecular weight is 414 g/mol. The van der Waals surface area contributed by atoms with E-state index in [2.05, 4.69) is 20.4 Å². The summed E-state index contributed by atoms with van der Waals surface area (Å²) in [6.07, 6.45) is -1.23. The number of benzene rings is 1. The van der Waals surface area contributed by atoms with Crippen molar-refractivity contribution >= 4 is 6.09 Å². The van der Waals surface area contributed by atoms with Crippen molar-refractivity contribution < 1.29 is 23.6 Å². The normalized spacial score (nSPS) is 13.1. The Bertz CT molecular complexity index is 991. The fourth-order valence-corrected chi connectivity index (χ4v) is 2.88. The minimum Gasteiger partial charge on any atom is -0.391 e. The van der Waals surface area contributed by atoms with Gasteiger partial charge in [-0.2, -0.15) is 4.98 Å². The third-order valence-corrected chi connectivity index (χ3v) is 4.26. The lowest BCUT2D eigenvalue weighted by atomic mass is 10.0. The minimum absolute atomic E-state index is 0.0127. The molecule has 0 bridgehead atoms. The van der Waals surface area contributed by atoms with Crippen molar-refractivity contribution in [2.45, 2.75) is 39.3 Å². The summed E-state index contributed by atoms with van der Waals surface area (Å²) in [5, 5.41) is 17.1. The Morgan fingerprint density at radius 1 is 1.20 bits per heavy atom. The van der Waals surface area contributed by atoms with Crippen LogP contribution in [0.2, 0.25) is 0 Å². The molecule has 9 heteroatoms. The molecule has 3 aromatic rings. The Kier molecular flexibility index (Phi) is 6.73. The molecule has 0 spiro atoms. The van der Waals surface area contributed by atoms with Gasteiger partial charge in [-0.1, -0.05) is 37.2 Å². The highest BCUT2D eigenvalue weighted by Gasteiger charge is 2.22. The highest BCUT2D eigenvalue weighted by Crippen LogP contribution is 2.23. The van der Waals surface area contributed by atoms with Crippen LogP contribution in [0.5, 0.6) is 5.88 Å². The molecule has 0 fully saturated rings. The number of amides is 1. The van der Waals surface area contributed by atoms with E-state index in [1.165, 1.54) is 30.3 Å². The number of hydrogen-bond acceptors (Lipinski definition) is 7. The minimum atomic E-state index is -1.09. The van der Waals surface area contributed by atoms with Crippen LogP contribution < -0.4 is 10.1 Å². The SMILES string of the molecule is Cc1nc([C@H](CC(C)C)NC(=O)Oc2cccc(C(O)c3ccc(F)cc3)n2)no1. The first-order valence-corrected chi connectivity index (χ1v) is 9.51. The number of ether oxygens (including phenoxy) is 1. The van der Waals surface area contributed by atoms with Crippen LogP contribution in [-0.4, -0.2) is 26.3 Å². The first-order valence-electron chi connectivity index (χ1n) is 9.51. The predicted molar refractivity (Wildman–Crippen MR) is 105 cm³/mol. The number of hydrogen-bond donors (Lipinski definition) is 2. The monoisotopic (exact) mass is 414 g/mol. The molecule has 158 valence electrons. The molecular formula is C21H23FN4O4. The number of rotatable bonds is 7. The lowest BCUT2D eigenvalue weighted by Crippen LogP contribution is -2.33. The summed E-state index contributed by atoms with van der Waals surface area (Å²) in [6.45, 7) is 5.69. The number of pyridine rings is 1. The summed E-state index contributed by atoms with van der Waals surface area (Å²) in [5.74, 6) is 0.644. The molecule has 2 N–H and O–H groups in total. The van der Waals surface area contributed by atoms with Crippen molar-refractivity contribution in [3.8, 4) is 5.88 Å². The van der Waals surface area contributed by atoms with Crippen molar-refractivity contribution in [1.29, 1.82) is 0 Å². The van der Waals surface area contributed by atoms with Gasteiger partial charge in [0.25, 0.3) is 0 Å². The number of aliphatic hydroxyl groups excluding tert-OH is 1. The first-order chi connectivity index (χ1) is 14.3. The highest BCUT2D eigenvalue weighted by atomic mass is 19.1. The zero-order chi connectivity index (χ0) is 21.7. The van der Waals surface area contributed by atoms with E-state index in [9.17, 15) is 14.3 Å². The topological polar surface area (TPSA) is 110 Å². The summed E-state index contributed by atoms with van der Waals surface area (Å²) < 4.78 is 23.4. The van der Waals surface area contributed by atoms with E-state index in [0.717, 1.165) is 0 Å². The summed E-state index contributed by atoms with van der Waals surface area (Å²) in [7, 11) is 0. The molecular weight excluding hydrogens is 391 g/mol. The smallest absolute Gasteiger partial charge is 0.391 e. The van der Waals surface area contributed by atoms with Crippen LogP contribution in [0.25, 0.3) is 0 Å². The van der Waals surface area contributed by atoms with Crippen LogP contribution >= 0.6 is 0 Å². The van der Waals surface area contributed by atoms with E-state index < -0.39 is 24.1 Å². The van der Waals surface area contributed by atoms with Gasteiger partial charge < -0.3 is 19.7 Å². The standard InChI is InChI=1S/C21H23FN4O4/c1-12(2)11-17(20-23-13(3)30-26-20)25-21(28)29-18-6-4-5-16(24-18)19(27)14-7-9-15(22)10-8-14/h4-10,12,17,19,27H,11H2,1-3H3,(H,25,28)/t17-,19?/m0/s1. The van der Waals surface area contributed by atoms with Crippen molar-refractivity contribution in [3.05, 3.63) is 71.3 Å². The molecule has 0 saturated heterocycles. The van der Waals surface area contributed by atoms with Crippen LogP contribution in [0.1, 0.15) is 55.4 Å². The second-order valence-corrected chi connectivity index (χ2v) is 7.24. The van der Waals surface area contributed by atoms with Crippen molar-refractivity contribution in [2.75, 3.05) is 0 Å². The number of carbonyl (C=O) groups excluding carboxylic acids is 1. The van der Waals surface area contributed by atoms with Gasteiger partial charge in [-0.25, -0.2) is 14.2 Å². The molecule has 0 aliphatic rings. The molecule has 0 aliphatic heterocycles. The highest BCUT2D eigenvalue weighted by molar-refractivity contribution is 5.70.